The SMILES string of the molecule is CCn1nc(CCCOC(O)c2cccc(C(=O)NC)c2)c2c1C(=O)NCCCOCCC2. The van der Waals surface area contributed by atoms with E-state index in [1.165, 1.54) is 0 Å². The first-order valence-corrected chi connectivity index (χ1v) is 11.6. The Morgan fingerprint density at radius 1 is 1.36 bits per heavy atom. The number of nitrogens with one attached hydrogen (secondary N) is 2. The fraction of sp³-hybridized carbons (Fsp3) is 0.542. The average molecular weight is 459 g/mol. The van der Waals surface area contributed by atoms with Crippen molar-refractivity contribution in [2.75, 3.05) is 33.4 Å². The first-order chi connectivity index (χ1) is 16.0. The lowest BCUT2D eigenvalue weighted by molar-refractivity contribution is -0.103. The van der Waals surface area contributed by atoms with Gasteiger partial charge in [-0.3, -0.25) is 14.3 Å². The Morgan fingerprint density at radius 3 is 2.97 bits per heavy atom. The number of aliphatic hydroxyl groups excluding tert-OH is 1. The predicted molar refractivity (Wildman–Crippen MR) is 123 cm³/mol. The monoisotopic (exact) mass is 458 g/mol. The molecule has 1 unspecified atom stereocenters. The third-order valence-corrected chi connectivity index (χ3v) is 5.61. The minimum absolute atomic E-state index is 0.0878. The number of rotatable bonds is 8. The highest BCUT2D eigenvalue weighted by Gasteiger charge is 2.23. The Labute approximate surface area is 194 Å². The maximum Gasteiger partial charge on any atom is 0.269 e. The number of fused-ring (bicyclic) bond motifs is 1. The number of carbonyl (C=O) groups excluding carboxylic acids is 2. The van der Waals surface area contributed by atoms with Gasteiger partial charge in [0, 0.05) is 50.0 Å². The van der Waals surface area contributed by atoms with E-state index in [1.807, 2.05) is 6.92 Å². The van der Waals surface area contributed by atoms with Crippen molar-refractivity contribution in [1.29, 1.82) is 0 Å². The molecule has 1 aliphatic rings. The lowest BCUT2D eigenvalue weighted by atomic mass is 10.0. The molecular formula is C24H34N4O5. The first kappa shape index (κ1) is 24.9. The number of carbonyl (C=O) groups is 2. The smallest absolute Gasteiger partial charge is 0.269 e. The summed E-state index contributed by atoms with van der Waals surface area (Å²) in [5.41, 5.74) is 3.49. The molecule has 1 aromatic heterocycles. The number of nitrogens with zero attached hydrogens (tertiary/aromatic N) is 2. The maximum atomic E-state index is 12.8. The Hall–Kier alpha value is -2.75. The molecule has 0 bridgehead atoms. The molecule has 1 aromatic carbocycles. The molecule has 0 spiro atoms. The second-order valence-corrected chi connectivity index (χ2v) is 7.95. The summed E-state index contributed by atoms with van der Waals surface area (Å²) in [6.07, 6.45) is 2.50. The van der Waals surface area contributed by atoms with E-state index < -0.39 is 6.29 Å². The third kappa shape index (κ3) is 6.63. The molecule has 1 atom stereocenters. The van der Waals surface area contributed by atoms with Gasteiger partial charge in [-0.2, -0.15) is 5.10 Å². The largest absolute Gasteiger partial charge is 0.381 e. The molecule has 3 N–H and O–H groups in total. The molecule has 0 saturated heterocycles. The van der Waals surface area contributed by atoms with Gasteiger partial charge in [0.1, 0.15) is 5.69 Å². The summed E-state index contributed by atoms with van der Waals surface area (Å²) in [5, 5.41) is 20.6. The van der Waals surface area contributed by atoms with Crippen molar-refractivity contribution < 1.29 is 24.2 Å². The van der Waals surface area contributed by atoms with Crippen molar-refractivity contribution >= 4 is 11.8 Å². The molecule has 0 radical (unpaired) electrons. The van der Waals surface area contributed by atoms with E-state index in [0.29, 0.717) is 62.6 Å². The zero-order chi connectivity index (χ0) is 23.6. The summed E-state index contributed by atoms with van der Waals surface area (Å²) >= 11 is 0. The van der Waals surface area contributed by atoms with Gasteiger partial charge in [0.05, 0.1) is 12.3 Å². The molecule has 2 amide bonds. The van der Waals surface area contributed by atoms with Gasteiger partial charge in [-0.25, -0.2) is 0 Å². The number of benzene rings is 1. The van der Waals surface area contributed by atoms with Gasteiger partial charge < -0.3 is 25.2 Å². The molecule has 9 nitrogen and oxygen atoms in total. The number of amides is 2. The van der Waals surface area contributed by atoms with Crippen molar-refractivity contribution in [3.8, 4) is 0 Å². The zero-order valence-corrected chi connectivity index (χ0v) is 19.4. The molecule has 1 aliphatic heterocycles. The Balaban J connectivity index is 1.63. The van der Waals surface area contributed by atoms with Crippen LogP contribution in [0.15, 0.2) is 24.3 Å². The van der Waals surface area contributed by atoms with Crippen LogP contribution in [0.5, 0.6) is 0 Å². The quantitative estimate of drug-likeness (QED) is 0.412. The minimum atomic E-state index is -1.12. The van der Waals surface area contributed by atoms with Crippen LogP contribution in [-0.2, 0) is 28.9 Å². The number of aliphatic hydroxyl groups is 1. The molecule has 33 heavy (non-hydrogen) atoms. The van der Waals surface area contributed by atoms with Gasteiger partial charge in [0.15, 0.2) is 6.29 Å². The minimum Gasteiger partial charge on any atom is -0.381 e. The normalized spacial score (nSPS) is 15.8. The summed E-state index contributed by atoms with van der Waals surface area (Å²) in [6, 6.07) is 6.73. The summed E-state index contributed by atoms with van der Waals surface area (Å²) in [4.78, 5) is 24.6. The van der Waals surface area contributed by atoms with Gasteiger partial charge >= 0.3 is 0 Å². The molecule has 2 aromatic rings. The van der Waals surface area contributed by atoms with Crippen molar-refractivity contribution in [2.45, 2.75) is 51.9 Å². The molecule has 2 heterocycles. The van der Waals surface area contributed by atoms with Crippen LogP contribution >= 0.6 is 0 Å². The van der Waals surface area contributed by atoms with E-state index in [-0.39, 0.29) is 11.8 Å². The van der Waals surface area contributed by atoms with Crippen LogP contribution in [-0.4, -0.2) is 60.1 Å². The first-order valence-electron chi connectivity index (χ1n) is 11.6. The summed E-state index contributed by atoms with van der Waals surface area (Å²) in [6.45, 7) is 4.79. The van der Waals surface area contributed by atoms with Crippen LogP contribution in [0, 0.1) is 0 Å². The maximum absolute atomic E-state index is 12.8. The van der Waals surface area contributed by atoms with E-state index in [1.54, 1.807) is 36.0 Å². The van der Waals surface area contributed by atoms with Crippen molar-refractivity contribution in [2.24, 2.45) is 0 Å². The van der Waals surface area contributed by atoms with Gasteiger partial charge in [-0.1, -0.05) is 12.1 Å². The summed E-state index contributed by atoms with van der Waals surface area (Å²) in [5.74, 6) is -0.307. The van der Waals surface area contributed by atoms with Crippen molar-refractivity contribution in [3.05, 3.63) is 52.3 Å². The number of hydrogen-bond donors (Lipinski definition) is 3. The molecule has 180 valence electrons. The van der Waals surface area contributed by atoms with Crippen LogP contribution in [0.25, 0.3) is 0 Å². The predicted octanol–water partition coefficient (Wildman–Crippen LogP) is 1.99. The molecular weight excluding hydrogens is 424 g/mol. The number of hydrogen-bond acceptors (Lipinski definition) is 6. The second kappa shape index (κ2) is 12.5. The van der Waals surface area contributed by atoms with Gasteiger partial charge in [0.2, 0.25) is 0 Å². The Morgan fingerprint density at radius 2 is 2.18 bits per heavy atom. The molecule has 0 saturated carbocycles. The zero-order valence-electron chi connectivity index (χ0n) is 19.4. The van der Waals surface area contributed by atoms with E-state index in [4.69, 9.17) is 14.6 Å². The van der Waals surface area contributed by atoms with Gasteiger partial charge in [-0.05, 0) is 51.2 Å². The van der Waals surface area contributed by atoms with Gasteiger partial charge in [-0.15, -0.1) is 0 Å². The lowest BCUT2D eigenvalue weighted by Crippen LogP contribution is -2.28. The molecule has 9 heteroatoms. The van der Waals surface area contributed by atoms with Crippen LogP contribution in [0.2, 0.25) is 0 Å². The van der Waals surface area contributed by atoms with E-state index in [2.05, 4.69) is 10.6 Å². The number of aromatic nitrogens is 2. The van der Waals surface area contributed by atoms with Crippen molar-refractivity contribution in [1.82, 2.24) is 20.4 Å². The standard InChI is InChI=1S/C24H34N4O5/c1-3-28-21-19(10-5-13-32-14-7-12-26-23(21)30)20(27-28)11-6-15-33-24(31)18-9-4-8-17(16-18)22(29)25-2/h4,8-9,16,24,31H,3,5-7,10-15H2,1-2H3,(H,25,29)(H,26,30). The number of ether oxygens (including phenoxy) is 2. The van der Waals surface area contributed by atoms with Crippen LogP contribution in [0.3, 0.4) is 0 Å². The molecule has 0 fully saturated rings. The molecule has 3 rings (SSSR count). The highest BCUT2D eigenvalue weighted by atomic mass is 16.6. The fourth-order valence-corrected chi connectivity index (χ4v) is 3.92. The Bertz CT molecular complexity index is 943. The Kier molecular flexibility index (Phi) is 9.41. The van der Waals surface area contributed by atoms with Crippen LogP contribution < -0.4 is 10.6 Å². The van der Waals surface area contributed by atoms with E-state index in [9.17, 15) is 14.7 Å². The van der Waals surface area contributed by atoms with Gasteiger partial charge in [0.25, 0.3) is 11.8 Å². The van der Waals surface area contributed by atoms with Crippen molar-refractivity contribution in [3.63, 3.8) is 0 Å². The van der Waals surface area contributed by atoms with E-state index in [0.717, 1.165) is 30.5 Å². The topological polar surface area (TPSA) is 115 Å². The van der Waals surface area contributed by atoms with Crippen LogP contribution in [0.1, 0.15) is 70.1 Å². The van der Waals surface area contributed by atoms with Crippen LogP contribution in [0.4, 0.5) is 0 Å². The average Bonchev–Trinajstić information content (AvgIpc) is 3.18. The fourth-order valence-electron chi connectivity index (χ4n) is 3.92. The summed E-state index contributed by atoms with van der Waals surface area (Å²) < 4.78 is 13.0. The lowest BCUT2D eigenvalue weighted by Gasteiger charge is -2.13. The number of aryl methyl sites for hydroxylation is 2. The second-order valence-electron chi connectivity index (χ2n) is 7.95. The highest BCUT2D eigenvalue weighted by Crippen LogP contribution is 2.21. The highest BCUT2D eigenvalue weighted by molar-refractivity contribution is 5.94. The summed E-state index contributed by atoms with van der Waals surface area (Å²) in [7, 11) is 1.56. The van der Waals surface area contributed by atoms with E-state index >= 15 is 0 Å². The third-order valence-electron chi connectivity index (χ3n) is 5.61. The molecule has 0 aliphatic carbocycles.